The van der Waals surface area contributed by atoms with Crippen molar-refractivity contribution in [1.82, 2.24) is 10.2 Å². The Morgan fingerprint density at radius 1 is 1.31 bits per heavy atom. The van der Waals surface area contributed by atoms with Gasteiger partial charge in [-0.3, -0.25) is 4.79 Å². The van der Waals surface area contributed by atoms with E-state index in [0.29, 0.717) is 25.7 Å². The van der Waals surface area contributed by atoms with Gasteiger partial charge in [-0.15, -0.1) is 0 Å². The number of likely N-dealkylation sites (tertiary alicyclic amines) is 1. The number of aromatic hydroxyl groups is 1. The summed E-state index contributed by atoms with van der Waals surface area (Å²) in [4.78, 5) is 36.8. The van der Waals surface area contributed by atoms with Gasteiger partial charge in [-0.2, -0.15) is 0 Å². The van der Waals surface area contributed by atoms with Gasteiger partial charge in [-0.05, 0) is 6.42 Å². The number of carboxylic acid groups (broad SMARTS) is 1. The van der Waals surface area contributed by atoms with Crippen LogP contribution in [0.4, 0.5) is 0 Å². The van der Waals surface area contributed by atoms with Crippen molar-refractivity contribution in [2.45, 2.75) is 31.3 Å². The largest absolute Gasteiger partial charge is 0.0158 e. The molecule has 2 saturated heterocycles. The molecule has 0 saturated carbocycles. The molecule has 2 atom stereocenters. The van der Waals surface area contributed by atoms with E-state index < -0.39 is 29.8 Å². The Morgan fingerprint density at radius 2 is 2.03 bits per heavy atom. The second kappa shape index (κ2) is 8.60. The molecule has 0 aliphatic carbocycles. The average molecular weight is 403 g/mol. The van der Waals surface area contributed by atoms with E-state index in [4.69, 9.17) is 10.5 Å². The van der Waals surface area contributed by atoms with E-state index in [1.54, 1.807) is 4.90 Å². The first-order valence-corrected chi connectivity index (χ1v) is 9.31. The number of carbonyl (C=O) groups is 3. The number of rotatable bonds is 8. The monoisotopic (exact) mass is 403 g/mol. The number of hydrogen-bond donors (Lipinski definition) is 4. The molecule has 0 radical (unpaired) electrons. The van der Waals surface area contributed by atoms with Crippen LogP contribution >= 0.6 is 0 Å². The first kappa shape index (κ1) is 20.8. The van der Waals surface area contributed by atoms with Crippen molar-refractivity contribution >= 4 is 24.9 Å². The van der Waals surface area contributed by atoms with Gasteiger partial charge in [0.15, 0.2) is 0 Å². The number of carboxylic acids is 1. The molecule has 0 spiro atoms. The van der Waals surface area contributed by atoms with Crippen molar-refractivity contribution in [2.24, 2.45) is 11.7 Å². The minimum Gasteiger partial charge on any atom is -0.0158 e. The van der Waals surface area contributed by atoms with Crippen LogP contribution in [-0.2, 0) is 20.7 Å². The first-order valence-electron chi connectivity index (χ1n) is 9.31. The molecule has 154 valence electrons. The predicted molar refractivity (Wildman–Crippen MR) is 100 cm³/mol. The van der Waals surface area contributed by atoms with Crippen molar-refractivity contribution in [3.8, 4) is 11.5 Å². The van der Waals surface area contributed by atoms with E-state index in [0.717, 1.165) is 0 Å². The van der Waals surface area contributed by atoms with Gasteiger partial charge in [0.25, 0.3) is 0 Å². The van der Waals surface area contributed by atoms with Gasteiger partial charge in [0.1, 0.15) is 0 Å². The maximum atomic E-state index is 12.5. The third-order valence-corrected chi connectivity index (χ3v) is 5.25. The van der Waals surface area contributed by atoms with Crippen molar-refractivity contribution in [3.05, 3.63) is 23.3 Å². The minimum atomic E-state index is -1.34. The smallest absolute Gasteiger partial charge is 0.0158 e. The van der Waals surface area contributed by atoms with Crippen LogP contribution in [0.5, 0.6) is 11.5 Å². The SMILES string of the molecule is NC(=O)[C@@H]1CN[C@H](C(=O)N2CC(Oc3ccc(CCB=O)c(O)c3C(=O)O)C2)C1. The predicted octanol–water partition coefficient (Wildman–Crippen LogP) is -0.846. The first-order chi connectivity index (χ1) is 13.8. The Labute approximate surface area is 167 Å². The number of nitrogens with one attached hydrogen (secondary N) is 1. The Hall–Kier alpha value is -2.95. The molecule has 1 aromatic carbocycles. The number of primary amides is 1. The van der Waals surface area contributed by atoms with Crippen LogP contribution in [0.25, 0.3) is 0 Å². The average Bonchev–Trinajstić information content (AvgIpc) is 3.13. The van der Waals surface area contributed by atoms with Gasteiger partial charge in [-0.25, -0.2) is 0 Å². The summed E-state index contributed by atoms with van der Waals surface area (Å²) in [5.41, 5.74) is 5.26. The molecule has 1 aromatic rings. The van der Waals surface area contributed by atoms with Crippen LogP contribution in [0.3, 0.4) is 0 Å². The Balaban J connectivity index is 1.60. The number of carbonyl (C=O) groups excluding carboxylic acids is 2. The Morgan fingerprint density at radius 3 is 2.62 bits per heavy atom. The summed E-state index contributed by atoms with van der Waals surface area (Å²) >= 11 is 0. The van der Waals surface area contributed by atoms with Gasteiger partial charge < -0.3 is 11.1 Å². The summed E-state index contributed by atoms with van der Waals surface area (Å²) in [5, 5.41) is 22.7. The van der Waals surface area contributed by atoms with Gasteiger partial charge in [0.2, 0.25) is 5.91 Å². The number of amides is 2. The summed E-state index contributed by atoms with van der Waals surface area (Å²) in [6, 6.07) is 2.50. The number of hydrogen-bond acceptors (Lipinski definition) is 7. The quantitative estimate of drug-likeness (QED) is 0.409. The van der Waals surface area contributed by atoms with E-state index in [1.165, 1.54) is 12.1 Å². The fourth-order valence-corrected chi connectivity index (χ4v) is 3.57. The summed E-state index contributed by atoms with van der Waals surface area (Å²) in [7, 11) is 0.690. The zero-order chi connectivity index (χ0) is 21.1. The van der Waals surface area contributed by atoms with Gasteiger partial charge in [-0.1, -0.05) is 0 Å². The van der Waals surface area contributed by atoms with Crippen LogP contribution in [-0.4, -0.2) is 71.8 Å². The molecular formula is C18H22BN3O7. The topological polar surface area (TPSA) is 159 Å². The molecule has 10 nitrogen and oxygen atoms in total. The molecule has 29 heavy (non-hydrogen) atoms. The second-order valence-corrected chi connectivity index (χ2v) is 7.24. The molecular weight excluding hydrogens is 381 g/mol. The molecule has 2 amide bonds. The second-order valence-electron chi connectivity index (χ2n) is 7.24. The summed E-state index contributed by atoms with van der Waals surface area (Å²) in [6.45, 7) is 0.910. The third-order valence-electron chi connectivity index (χ3n) is 5.25. The zero-order valence-electron chi connectivity index (χ0n) is 15.7. The van der Waals surface area contributed by atoms with Crippen molar-refractivity contribution in [3.63, 3.8) is 0 Å². The van der Waals surface area contributed by atoms with Crippen LogP contribution < -0.4 is 15.8 Å². The number of aromatic carboxylic acids is 1. The van der Waals surface area contributed by atoms with Crippen molar-refractivity contribution < 1.29 is 34.0 Å². The summed E-state index contributed by atoms with van der Waals surface area (Å²) in [6.07, 6.45) is 0.335. The van der Waals surface area contributed by atoms with Crippen LogP contribution in [0.1, 0.15) is 22.3 Å². The summed E-state index contributed by atoms with van der Waals surface area (Å²) in [5.74, 6) is -2.71. The Bertz CT molecular complexity index is 841. The van der Waals surface area contributed by atoms with E-state index in [2.05, 4.69) is 5.32 Å². The van der Waals surface area contributed by atoms with Crippen molar-refractivity contribution in [2.75, 3.05) is 19.6 Å². The summed E-state index contributed by atoms with van der Waals surface area (Å²) < 4.78 is 16.2. The van der Waals surface area contributed by atoms with Crippen molar-refractivity contribution in [1.29, 1.82) is 0 Å². The number of aryl methyl sites for hydroxylation is 1. The minimum absolute atomic E-state index is 0.00901. The zero-order valence-corrected chi connectivity index (χ0v) is 15.7. The normalized spacial score (nSPS) is 21.3. The van der Waals surface area contributed by atoms with Crippen LogP contribution in [0.15, 0.2) is 12.1 Å². The molecule has 11 heteroatoms. The molecule has 2 heterocycles. The molecule has 5 N–H and O–H groups in total. The van der Waals surface area contributed by atoms with Crippen LogP contribution in [0, 0.1) is 5.92 Å². The molecule has 3 rings (SSSR count). The molecule has 0 aromatic heterocycles. The number of phenols is 1. The standard InChI is InChI=1S/C18H22BN3O7/c20-16(24)10-5-12(21-6-10)17(25)22-7-11(8-22)29-13-2-1-9(3-4-19-28)15(23)14(13)18(26)27/h1-2,10-12,21,23H,3-8H2,(H2,20,24)(H,26,27)/t10-,12-/m0/s1. The van der Waals surface area contributed by atoms with E-state index in [-0.39, 0.29) is 49.0 Å². The van der Waals surface area contributed by atoms with E-state index in [1.807, 2.05) is 0 Å². The Kier molecular flexibility index (Phi) is 6.16. The molecule has 2 fully saturated rings. The third kappa shape index (κ3) is 4.39. The van der Waals surface area contributed by atoms with E-state index >= 15 is 0 Å². The van der Waals surface area contributed by atoms with Gasteiger partial charge in [0, 0.05) is 6.54 Å². The van der Waals surface area contributed by atoms with Gasteiger partial charge >= 0.3 is 126 Å². The van der Waals surface area contributed by atoms with Crippen LogP contribution in [0.2, 0.25) is 6.32 Å². The van der Waals surface area contributed by atoms with Gasteiger partial charge in [0.05, 0.1) is 5.92 Å². The molecule has 2 aliphatic heterocycles. The molecule has 0 bridgehead atoms. The number of nitrogens with two attached hydrogens (primary N) is 1. The maximum Gasteiger partial charge on any atom is -0.0158 e. The number of nitrogens with zero attached hydrogens (tertiary/aromatic N) is 1. The maximum absolute atomic E-state index is 12.5. The fraction of sp³-hybridized carbons (Fsp3) is 0.500. The number of benzene rings is 1. The fourth-order valence-electron chi connectivity index (χ4n) is 3.57. The molecule has 2 aliphatic rings. The van der Waals surface area contributed by atoms with E-state index in [9.17, 15) is 29.3 Å². The number of ether oxygens (including phenoxy) is 1. The molecule has 0 unspecified atom stereocenters.